The van der Waals surface area contributed by atoms with Gasteiger partial charge in [0, 0.05) is 16.8 Å². The number of benzene rings is 4. The van der Waals surface area contributed by atoms with Crippen LogP contribution in [0.5, 0.6) is 34.5 Å². The van der Waals surface area contributed by atoms with Gasteiger partial charge in [-0.25, -0.2) is 0 Å². The predicted molar refractivity (Wildman–Crippen MR) is 256 cm³/mol. The Bertz CT molecular complexity index is 1890. The molecular weight excluding hydrogens is 763 g/mol. The molecule has 0 spiro atoms. The Labute approximate surface area is 368 Å². The van der Waals surface area contributed by atoms with Crippen molar-refractivity contribution in [1.82, 2.24) is 0 Å². The van der Waals surface area contributed by atoms with Crippen molar-refractivity contribution in [2.75, 3.05) is 46.2 Å². The van der Waals surface area contributed by atoms with Crippen molar-refractivity contribution in [3.63, 3.8) is 0 Å². The highest BCUT2D eigenvalue weighted by molar-refractivity contribution is 6.28. The molecule has 4 aromatic carbocycles. The summed E-state index contributed by atoms with van der Waals surface area (Å²) in [7, 11) is 0. The molecule has 0 aliphatic rings. The third kappa shape index (κ3) is 16.2. The van der Waals surface area contributed by atoms with Crippen LogP contribution in [0.1, 0.15) is 176 Å². The van der Waals surface area contributed by atoms with Gasteiger partial charge in [0.25, 0.3) is 0 Å². The highest BCUT2D eigenvalue weighted by atomic mass is 16.5. The number of hydrogen-bond donors (Lipinski definition) is 0. The minimum absolute atomic E-state index is 0.439. The molecule has 338 valence electrons. The fourth-order valence-corrected chi connectivity index (χ4v) is 7.82. The lowest BCUT2D eigenvalue weighted by Gasteiger charge is -2.21. The van der Waals surface area contributed by atoms with Gasteiger partial charge < -0.3 is 28.4 Å². The van der Waals surface area contributed by atoms with Gasteiger partial charge in [0.15, 0.2) is 34.5 Å². The van der Waals surface area contributed by atoms with Gasteiger partial charge in [-0.2, -0.15) is 0 Å². The van der Waals surface area contributed by atoms with Crippen molar-refractivity contribution in [3.05, 3.63) is 46.8 Å². The van der Waals surface area contributed by atoms with E-state index in [2.05, 4.69) is 81.0 Å². The number of ether oxygens (including phenoxy) is 6. The molecule has 0 aromatic heterocycles. The Kier molecular flexibility index (Phi) is 24.2. The summed E-state index contributed by atoms with van der Waals surface area (Å²) in [6.45, 7) is 15.2. The van der Waals surface area contributed by atoms with Crippen LogP contribution in [-0.4, -0.2) is 46.2 Å². The number of hydrogen-bond acceptors (Lipinski definition) is 7. The monoisotopic (exact) mass is 842 g/mol. The van der Waals surface area contributed by atoms with Gasteiger partial charge >= 0.3 is 0 Å². The van der Waals surface area contributed by atoms with Crippen molar-refractivity contribution >= 4 is 32.3 Å². The molecule has 4 rings (SSSR count). The molecule has 0 aliphatic heterocycles. The van der Waals surface area contributed by atoms with Crippen LogP contribution in [0.3, 0.4) is 0 Å². The molecule has 0 heterocycles. The third-order valence-corrected chi connectivity index (χ3v) is 11.4. The molecule has 0 atom stereocenters. The van der Waals surface area contributed by atoms with Crippen LogP contribution in [0.2, 0.25) is 0 Å². The standard InChI is InChI=1S/C52H79N3O6/c1-6-11-16-22-31-56-46-29-28-41-42-37-47(57-32-23-17-12-7-2)48(58-33-24-18-13-8-3)38-43(42)44-39-49(59-34-25-19-14-9-4)50(60-35-26-20-15-10-5)40-45(44)51(41)52(46)61-36-27-21-30-54-55-53/h28-29,37-40H,6-27,30-36H2,1-5H3. The van der Waals surface area contributed by atoms with Crippen molar-refractivity contribution < 1.29 is 28.4 Å². The number of unbranched alkanes of at least 4 members (excludes halogenated alkanes) is 16. The summed E-state index contributed by atoms with van der Waals surface area (Å²) in [6.07, 6.45) is 24.0. The van der Waals surface area contributed by atoms with Crippen LogP contribution < -0.4 is 28.4 Å². The molecular formula is C52H79N3O6. The fourth-order valence-electron chi connectivity index (χ4n) is 7.82. The van der Waals surface area contributed by atoms with Gasteiger partial charge in [-0.1, -0.05) is 136 Å². The van der Waals surface area contributed by atoms with E-state index in [9.17, 15) is 0 Å². The van der Waals surface area contributed by atoms with Gasteiger partial charge in [0.05, 0.1) is 39.6 Å². The minimum Gasteiger partial charge on any atom is -0.490 e. The van der Waals surface area contributed by atoms with E-state index in [1.807, 2.05) is 0 Å². The maximum absolute atomic E-state index is 8.86. The van der Waals surface area contributed by atoms with E-state index in [-0.39, 0.29) is 0 Å². The molecule has 0 unspecified atom stereocenters. The van der Waals surface area contributed by atoms with Gasteiger partial charge in [0.1, 0.15) is 0 Å². The zero-order chi connectivity index (χ0) is 43.3. The first-order chi connectivity index (χ1) is 30.1. The zero-order valence-corrected chi connectivity index (χ0v) is 38.8. The van der Waals surface area contributed by atoms with E-state index < -0.39 is 0 Å². The molecule has 9 nitrogen and oxygen atoms in total. The van der Waals surface area contributed by atoms with Crippen LogP contribution in [-0.2, 0) is 0 Å². The van der Waals surface area contributed by atoms with E-state index in [1.54, 1.807) is 0 Å². The lowest BCUT2D eigenvalue weighted by atomic mass is 9.92. The van der Waals surface area contributed by atoms with E-state index >= 15 is 0 Å². The second-order valence-corrected chi connectivity index (χ2v) is 16.6. The van der Waals surface area contributed by atoms with Gasteiger partial charge in [-0.15, -0.1) is 0 Å². The summed E-state index contributed by atoms with van der Waals surface area (Å²) in [5, 5.41) is 9.99. The molecule has 0 saturated carbocycles. The summed E-state index contributed by atoms with van der Waals surface area (Å²) < 4.78 is 40.0. The zero-order valence-electron chi connectivity index (χ0n) is 38.8. The lowest BCUT2D eigenvalue weighted by Crippen LogP contribution is -2.06. The Balaban J connectivity index is 1.98. The number of azide groups is 1. The summed E-state index contributed by atoms with van der Waals surface area (Å²) in [6, 6.07) is 13.0. The molecule has 9 heteroatoms. The summed E-state index contributed by atoms with van der Waals surface area (Å²) in [4.78, 5) is 2.94. The van der Waals surface area contributed by atoms with Crippen LogP contribution >= 0.6 is 0 Å². The molecule has 0 bridgehead atoms. The molecule has 0 saturated heterocycles. The first-order valence-electron chi connectivity index (χ1n) is 24.4. The van der Waals surface area contributed by atoms with E-state index in [4.69, 9.17) is 34.0 Å². The van der Waals surface area contributed by atoms with Crippen molar-refractivity contribution in [3.8, 4) is 34.5 Å². The Morgan fingerprint density at radius 3 is 1.13 bits per heavy atom. The second-order valence-electron chi connectivity index (χ2n) is 16.6. The second kappa shape index (κ2) is 29.9. The van der Waals surface area contributed by atoms with Crippen molar-refractivity contribution in [1.29, 1.82) is 0 Å². The maximum Gasteiger partial charge on any atom is 0.169 e. The Morgan fingerprint density at radius 2 is 0.721 bits per heavy atom. The van der Waals surface area contributed by atoms with E-state index in [0.717, 1.165) is 144 Å². The quantitative estimate of drug-likeness (QED) is 0.0148. The number of fused-ring (bicyclic) bond motifs is 6. The first-order valence-corrected chi connectivity index (χ1v) is 24.4. The van der Waals surface area contributed by atoms with Crippen molar-refractivity contribution in [2.45, 2.75) is 176 Å². The minimum atomic E-state index is 0.439. The third-order valence-electron chi connectivity index (χ3n) is 11.4. The normalized spacial score (nSPS) is 11.3. The molecule has 0 N–H and O–H groups in total. The van der Waals surface area contributed by atoms with Crippen LogP contribution in [0.4, 0.5) is 0 Å². The SMILES string of the molecule is CCCCCCOc1cc2c(cc1OCCCCCC)c1ccc(OCCCCCC)c(OCCCCN=[N+]=[N-])c1c1cc(OCCCCCC)c(OCCCCCC)cc21. The first kappa shape index (κ1) is 49.4. The molecule has 0 amide bonds. The summed E-state index contributed by atoms with van der Waals surface area (Å²) >= 11 is 0. The number of rotatable bonds is 36. The largest absolute Gasteiger partial charge is 0.490 e. The molecule has 0 radical (unpaired) electrons. The summed E-state index contributed by atoms with van der Waals surface area (Å²) in [5.74, 6) is 4.54. The summed E-state index contributed by atoms with van der Waals surface area (Å²) in [5.41, 5.74) is 8.86. The average Bonchev–Trinajstić information content (AvgIpc) is 3.27. The molecule has 61 heavy (non-hydrogen) atoms. The topological polar surface area (TPSA) is 104 Å². The Morgan fingerprint density at radius 1 is 0.377 bits per heavy atom. The molecule has 4 aromatic rings. The van der Waals surface area contributed by atoms with E-state index in [1.165, 1.54) is 64.2 Å². The smallest absolute Gasteiger partial charge is 0.169 e. The highest BCUT2D eigenvalue weighted by Crippen LogP contribution is 2.49. The average molecular weight is 842 g/mol. The number of nitrogens with zero attached hydrogens (tertiary/aromatic N) is 3. The predicted octanol–water partition coefficient (Wildman–Crippen LogP) is 16.4. The Hall–Kier alpha value is -4.23. The van der Waals surface area contributed by atoms with Crippen LogP contribution in [0.25, 0.3) is 42.8 Å². The van der Waals surface area contributed by atoms with Gasteiger partial charge in [0.2, 0.25) is 0 Å². The van der Waals surface area contributed by atoms with Crippen molar-refractivity contribution in [2.24, 2.45) is 5.11 Å². The molecule has 0 aliphatic carbocycles. The van der Waals surface area contributed by atoms with Gasteiger partial charge in [-0.3, -0.25) is 0 Å². The molecule has 0 fully saturated rings. The maximum atomic E-state index is 8.86. The van der Waals surface area contributed by atoms with Crippen LogP contribution in [0, 0.1) is 0 Å². The lowest BCUT2D eigenvalue weighted by molar-refractivity contribution is 0.259. The highest BCUT2D eigenvalue weighted by Gasteiger charge is 2.22. The fraction of sp³-hybridized carbons (Fsp3) is 0.654. The van der Waals surface area contributed by atoms with Crippen LogP contribution in [0.15, 0.2) is 41.5 Å². The van der Waals surface area contributed by atoms with Gasteiger partial charge in [-0.05, 0) is 114 Å². The van der Waals surface area contributed by atoms with E-state index in [0.29, 0.717) is 46.2 Å².